The van der Waals surface area contributed by atoms with Gasteiger partial charge in [0, 0.05) is 36.9 Å². The van der Waals surface area contributed by atoms with Crippen molar-refractivity contribution in [3.05, 3.63) is 52.3 Å². The summed E-state index contributed by atoms with van der Waals surface area (Å²) in [6, 6.07) is 10.1. The number of rotatable bonds is 2. The summed E-state index contributed by atoms with van der Waals surface area (Å²) in [7, 11) is 0. The first-order chi connectivity index (χ1) is 10.1. The molecule has 0 aliphatic carbocycles. The van der Waals surface area contributed by atoms with Crippen LogP contribution in [0.4, 0.5) is 11.4 Å². The van der Waals surface area contributed by atoms with Gasteiger partial charge in [0.05, 0.1) is 11.9 Å². The highest BCUT2D eigenvalue weighted by molar-refractivity contribution is 6.30. The molecule has 5 heteroatoms. The van der Waals surface area contributed by atoms with E-state index < -0.39 is 0 Å². The Morgan fingerprint density at radius 2 is 1.62 bits per heavy atom. The average molecular weight is 322 g/mol. The summed E-state index contributed by atoms with van der Waals surface area (Å²) < 4.78 is 0. The molecule has 1 aliphatic heterocycles. The fourth-order valence-electron chi connectivity index (χ4n) is 2.61. The van der Waals surface area contributed by atoms with Crippen LogP contribution in [0.5, 0.6) is 0 Å². The molecule has 3 rings (SSSR count). The number of pyridine rings is 1. The van der Waals surface area contributed by atoms with Crippen molar-refractivity contribution in [2.24, 2.45) is 0 Å². The zero-order valence-corrected chi connectivity index (χ0v) is 13.4. The SMILES string of the molecule is Cc1cc(N2CCN(c3cccc(Cl)c3)CC2)cnc1Cl. The summed E-state index contributed by atoms with van der Waals surface area (Å²) in [6.45, 7) is 5.87. The van der Waals surface area contributed by atoms with E-state index in [1.165, 1.54) is 5.69 Å². The zero-order valence-electron chi connectivity index (χ0n) is 11.9. The lowest BCUT2D eigenvalue weighted by Gasteiger charge is -2.37. The first-order valence-electron chi connectivity index (χ1n) is 7.01. The van der Waals surface area contributed by atoms with Crippen molar-refractivity contribution in [3.8, 4) is 0 Å². The van der Waals surface area contributed by atoms with Crippen molar-refractivity contribution in [2.45, 2.75) is 6.92 Å². The fraction of sp³-hybridized carbons (Fsp3) is 0.312. The maximum Gasteiger partial charge on any atom is 0.132 e. The minimum absolute atomic E-state index is 0.580. The van der Waals surface area contributed by atoms with Gasteiger partial charge in [0.15, 0.2) is 0 Å². The number of benzene rings is 1. The standard InChI is InChI=1S/C16H17Cl2N3/c1-12-9-15(11-19-16(12)18)21-7-5-20(6-8-21)14-4-2-3-13(17)10-14/h2-4,9-11H,5-8H2,1H3. The number of hydrogen-bond acceptors (Lipinski definition) is 3. The Labute approximate surface area is 135 Å². The maximum absolute atomic E-state index is 6.06. The number of halogens is 2. The molecule has 1 aromatic carbocycles. The molecule has 0 spiro atoms. The first-order valence-corrected chi connectivity index (χ1v) is 7.77. The van der Waals surface area contributed by atoms with Crippen molar-refractivity contribution >= 4 is 34.6 Å². The van der Waals surface area contributed by atoms with Gasteiger partial charge in [0.25, 0.3) is 0 Å². The molecule has 1 saturated heterocycles. The molecular formula is C16H17Cl2N3. The highest BCUT2D eigenvalue weighted by Crippen LogP contribution is 2.24. The Balaban J connectivity index is 1.68. The Morgan fingerprint density at radius 3 is 2.24 bits per heavy atom. The third-order valence-corrected chi connectivity index (χ3v) is 4.45. The normalized spacial score (nSPS) is 15.4. The zero-order chi connectivity index (χ0) is 14.8. The predicted octanol–water partition coefficient (Wildman–Crippen LogP) is 4.02. The highest BCUT2D eigenvalue weighted by Gasteiger charge is 2.18. The van der Waals surface area contributed by atoms with E-state index in [9.17, 15) is 0 Å². The average Bonchev–Trinajstić information content (AvgIpc) is 2.50. The molecule has 0 radical (unpaired) electrons. The number of piperazine rings is 1. The van der Waals surface area contributed by atoms with Crippen LogP contribution in [0.3, 0.4) is 0 Å². The minimum Gasteiger partial charge on any atom is -0.368 e. The van der Waals surface area contributed by atoms with Gasteiger partial charge < -0.3 is 9.80 Å². The smallest absolute Gasteiger partial charge is 0.132 e. The van der Waals surface area contributed by atoms with E-state index in [2.05, 4.69) is 26.9 Å². The summed E-state index contributed by atoms with van der Waals surface area (Å²) >= 11 is 12.1. The summed E-state index contributed by atoms with van der Waals surface area (Å²) in [6.07, 6.45) is 1.85. The first kappa shape index (κ1) is 14.5. The number of nitrogens with zero attached hydrogens (tertiary/aromatic N) is 3. The van der Waals surface area contributed by atoms with Gasteiger partial charge in [-0.15, -0.1) is 0 Å². The van der Waals surface area contributed by atoms with Crippen LogP contribution in [0, 0.1) is 6.92 Å². The molecule has 0 unspecified atom stereocenters. The molecule has 1 fully saturated rings. The lowest BCUT2D eigenvalue weighted by atomic mass is 10.2. The van der Waals surface area contributed by atoms with E-state index in [1.54, 1.807) is 0 Å². The summed E-state index contributed by atoms with van der Waals surface area (Å²) in [5, 5.41) is 1.36. The van der Waals surface area contributed by atoms with Crippen molar-refractivity contribution in [3.63, 3.8) is 0 Å². The van der Waals surface area contributed by atoms with Crippen LogP contribution >= 0.6 is 23.2 Å². The van der Waals surface area contributed by atoms with Crippen LogP contribution < -0.4 is 9.80 Å². The fourth-order valence-corrected chi connectivity index (χ4v) is 2.90. The van der Waals surface area contributed by atoms with Gasteiger partial charge in [-0.2, -0.15) is 0 Å². The van der Waals surface area contributed by atoms with Crippen LogP contribution in [0.1, 0.15) is 5.56 Å². The maximum atomic E-state index is 6.06. The highest BCUT2D eigenvalue weighted by atomic mass is 35.5. The van der Waals surface area contributed by atoms with Gasteiger partial charge in [-0.05, 0) is 36.8 Å². The third kappa shape index (κ3) is 3.25. The topological polar surface area (TPSA) is 19.4 Å². The van der Waals surface area contributed by atoms with Gasteiger partial charge in [-0.1, -0.05) is 29.3 Å². The van der Waals surface area contributed by atoms with E-state index in [0.29, 0.717) is 5.15 Å². The third-order valence-electron chi connectivity index (χ3n) is 3.82. The van der Waals surface area contributed by atoms with E-state index in [-0.39, 0.29) is 0 Å². The predicted molar refractivity (Wildman–Crippen MR) is 89.9 cm³/mol. The Kier molecular flexibility index (Phi) is 4.22. The van der Waals surface area contributed by atoms with Gasteiger partial charge in [-0.25, -0.2) is 4.98 Å². The van der Waals surface area contributed by atoms with E-state index >= 15 is 0 Å². The Morgan fingerprint density at radius 1 is 0.952 bits per heavy atom. The molecule has 1 aliphatic rings. The molecule has 110 valence electrons. The Hall–Kier alpha value is -1.45. The van der Waals surface area contributed by atoms with E-state index in [0.717, 1.165) is 42.5 Å². The largest absolute Gasteiger partial charge is 0.368 e. The van der Waals surface area contributed by atoms with Crippen molar-refractivity contribution in [1.82, 2.24) is 4.98 Å². The molecule has 3 nitrogen and oxygen atoms in total. The molecule has 1 aromatic heterocycles. The van der Waals surface area contributed by atoms with E-state index in [1.807, 2.05) is 31.3 Å². The summed E-state index contributed by atoms with van der Waals surface area (Å²) in [5.74, 6) is 0. The number of anilines is 2. The lowest BCUT2D eigenvalue weighted by Crippen LogP contribution is -2.46. The number of aromatic nitrogens is 1. The van der Waals surface area contributed by atoms with Gasteiger partial charge in [0.1, 0.15) is 5.15 Å². The lowest BCUT2D eigenvalue weighted by molar-refractivity contribution is 0.652. The van der Waals surface area contributed by atoms with Crippen molar-refractivity contribution < 1.29 is 0 Å². The summed E-state index contributed by atoms with van der Waals surface area (Å²) in [5.41, 5.74) is 3.35. The van der Waals surface area contributed by atoms with Gasteiger partial charge in [-0.3, -0.25) is 0 Å². The molecule has 0 bridgehead atoms. The van der Waals surface area contributed by atoms with Crippen molar-refractivity contribution in [2.75, 3.05) is 36.0 Å². The van der Waals surface area contributed by atoms with Crippen LogP contribution in [0.2, 0.25) is 10.2 Å². The molecule has 0 amide bonds. The van der Waals surface area contributed by atoms with Gasteiger partial charge in [0.2, 0.25) is 0 Å². The second-order valence-corrected chi connectivity index (χ2v) is 6.05. The van der Waals surface area contributed by atoms with Crippen LogP contribution in [-0.2, 0) is 0 Å². The van der Waals surface area contributed by atoms with E-state index in [4.69, 9.17) is 23.2 Å². The van der Waals surface area contributed by atoms with Crippen LogP contribution in [0.25, 0.3) is 0 Å². The molecule has 0 saturated carbocycles. The van der Waals surface area contributed by atoms with Crippen molar-refractivity contribution in [1.29, 1.82) is 0 Å². The molecule has 2 heterocycles. The molecular weight excluding hydrogens is 305 g/mol. The Bertz CT molecular complexity index is 637. The molecule has 0 N–H and O–H groups in total. The van der Waals surface area contributed by atoms with Crippen LogP contribution in [0.15, 0.2) is 36.5 Å². The number of aryl methyl sites for hydroxylation is 1. The minimum atomic E-state index is 0.580. The second-order valence-electron chi connectivity index (χ2n) is 5.26. The quantitative estimate of drug-likeness (QED) is 0.779. The monoisotopic (exact) mass is 321 g/mol. The van der Waals surface area contributed by atoms with Crippen LogP contribution in [-0.4, -0.2) is 31.2 Å². The number of hydrogen-bond donors (Lipinski definition) is 0. The molecule has 0 atom stereocenters. The molecule has 21 heavy (non-hydrogen) atoms. The second kappa shape index (κ2) is 6.12. The molecule has 2 aromatic rings. The van der Waals surface area contributed by atoms with Gasteiger partial charge >= 0.3 is 0 Å². The summed E-state index contributed by atoms with van der Waals surface area (Å²) in [4.78, 5) is 8.94.